The highest BCUT2D eigenvalue weighted by Gasteiger charge is 2.01. The van der Waals surface area contributed by atoms with Gasteiger partial charge >= 0.3 is 0 Å². The van der Waals surface area contributed by atoms with E-state index in [1.807, 2.05) is 13.8 Å². The molecule has 0 aliphatic rings. The minimum atomic E-state index is 0.460. The highest BCUT2D eigenvalue weighted by Crippen LogP contribution is 2.11. The third kappa shape index (κ3) is 5.65. The Bertz CT molecular complexity index is 382. The molecule has 0 saturated carbocycles. The normalized spacial score (nSPS) is 10.3. The molecule has 0 fully saturated rings. The standard InChI is InChI=1S/C12H18ClN3O/c1-4-11-15-10(13)7-12(16-11)14-5-6-17-8-9(2)3/h7H,2,4-6,8H2,1,3H3,(H,14,15,16). The number of rotatable bonds is 7. The van der Waals surface area contributed by atoms with Crippen molar-refractivity contribution in [1.82, 2.24) is 9.97 Å². The molecular formula is C12H18ClN3O. The van der Waals surface area contributed by atoms with Crippen LogP contribution in [-0.2, 0) is 11.2 Å². The Hall–Kier alpha value is -1.13. The number of anilines is 1. The smallest absolute Gasteiger partial charge is 0.134 e. The number of nitrogens with one attached hydrogen (secondary N) is 1. The van der Waals surface area contributed by atoms with Gasteiger partial charge in [-0.15, -0.1) is 0 Å². The zero-order chi connectivity index (χ0) is 12.7. The van der Waals surface area contributed by atoms with Crippen LogP contribution in [0.3, 0.4) is 0 Å². The molecule has 0 aliphatic heterocycles. The summed E-state index contributed by atoms with van der Waals surface area (Å²) in [5.41, 5.74) is 1.02. The molecule has 0 spiro atoms. The van der Waals surface area contributed by atoms with Gasteiger partial charge in [0, 0.05) is 19.0 Å². The first-order chi connectivity index (χ1) is 8.11. The minimum Gasteiger partial charge on any atom is -0.375 e. The summed E-state index contributed by atoms with van der Waals surface area (Å²) >= 11 is 5.88. The highest BCUT2D eigenvalue weighted by atomic mass is 35.5. The van der Waals surface area contributed by atoms with Gasteiger partial charge in [-0.3, -0.25) is 0 Å². The average molecular weight is 256 g/mol. The van der Waals surface area contributed by atoms with Crippen LogP contribution in [0, 0.1) is 0 Å². The van der Waals surface area contributed by atoms with Crippen LogP contribution in [0.1, 0.15) is 19.7 Å². The maximum absolute atomic E-state index is 5.88. The number of aromatic nitrogens is 2. The molecular weight excluding hydrogens is 238 g/mol. The van der Waals surface area contributed by atoms with Crippen molar-refractivity contribution in [2.24, 2.45) is 0 Å². The first kappa shape index (κ1) is 13.9. The molecule has 0 atom stereocenters. The van der Waals surface area contributed by atoms with Gasteiger partial charge in [-0.1, -0.05) is 30.7 Å². The second-order valence-electron chi connectivity index (χ2n) is 3.78. The molecule has 0 aromatic carbocycles. The molecule has 0 radical (unpaired) electrons. The Balaban J connectivity index is 2.36. The van der Waals surface area contributed by atoms with Gasteiger partial charge in [-0.2, -0.15) is 0 Å². The van der Waals surface area contributed by atoms with Crippen molar-refractivity contribution in [2.75, 3.05) is 25.1 Å². The SMILES string of the molecule is C=C(C)COCCNc1cc(Cl)nc(CC)n1. The molecule has 5 heteroatoms. The van der Waals surface area contributed by atoms with Gasteiger partial charge < -0.3 is 10.1 Å². The number of aryl methyl sites for hydroxylation is 1. The number of hydrogen-bond acceptors (Lipinski definition) is 4. The molecule has 94 valence electrons. The van der Waals surface area contributed by atoms with Crippen LogP contribution in [0.5, 0.6) is 0 Å². The lowest BCUT2D eigenvalue weighted by Crippen LogP contribution is -2.12. The van der Waals surface area contributed by atoms with Gasteiger partial charge in [0.2, 0.25) is 0 Å². The van der Waals surface area contributed by atoms with Gasteiger partial charge in [0.05, 0.1) is 13.2 Å². The van der Waals surface area contributed by atoms with Crippen LogP contribution in [0.2, 0.25) is 5.15 Å². The van der Waals surface area contributed by atoms with Gasteiger partial charge in [-0.05, 0) is 6.92 Å². The summed E-state index contributed by atoms with van der Waals surface area (Å²) in [6.07, 6.45) is 0.765. The molecule has 0 saturated heterocycles. The van der Waals surface area contributed by atoms with E-state index in [1.54, 1.807) is 6.07 Å². The summed E-state index contributed by atoms with van der Waals surface area (Å²) in [5, 5.41) is 3.60. The van der Waals surface area contributed by atoms with Crippen LogP contribution in [0.4, 0.5) is 5.82 Å². The average Bonchev–Trinajstić information content (AvgIpc) is 2.27. The summed E-state index contributed by atoms with van der Waals surface area (Å²) in [4.78, 5) is 8.40. The molecule has 1 heterocycles. The zero-order valence-electron chi connectivity index (χ0n) is 10.3. The quantitative estimate of drug-likeness (QED) is 0.462. The number of halogens is 1. The van der Waals surface area contributed by atoms with Gasteiger partial charge in [0.25, 0.3) is 0 Å². The van der Waals surface area contributed by atoms with Crippen molar-refractivity contribution in [3.63, 3.8) is 0 Å². The molecule has 0 amide bonds. The monoisotopic (exact) mass is 255 g/mol. The van der Waals surface area contributed by atoms with Crippen LogP contribution in [-0.4, -0.2) is 29.7 Å². The van der Waals surface area contributed by atoms with E-state index in [4.69, 9.17) is 16.3 Å². The minimum absolute atomic E-state index is 0.460. The highest BCUT2D eigenvalue weighted by molar-refractivity contribution is 6.29. The van der Waals surface area contributed by atoms with E-state index in [9.17, 15) is 0 Å². The lowest BCUT2D eigenvalue weighted by molar-refractivity contribution is 0.167. The Morgan fingerprint density at radius 1 is 1.53 bits per heavy atom. The van der Waals surface area contributed by atoms with Crippen molar-refractivity contribution in [3.8, 4) is 0 Å². The van der Waals surface area contributed by atoms with E-state index >= 15 is 0 Å². The number of hydrogen-bond donors (Lipinski definition) is 1. The molecule has 17 heavy (non-hydrogen) atoms. The van der Waals surface area contributed by atoms with E-state index in [2.05, 4.69) is 21.9 Å². The number of nitrogens with zero attached hydrogens (tertiary/aromatic N) is 2. The van der Waals surface area contributed by atoms with Crippen molar-refractivity contribution in [2.45, 2.75) is 20.3 Å². The number of ether oxygens (including phenoxy) is 1. The topological polar surface area (TPSA) is 47.0 Å². The molecule has 1 aromatic rings. The van der Waals surface area contributed by atoms with Crippen molar-refractivity contribution in [3.05, 3.63) is 29.2 Å². The van der Waals surface area contributed by atoms with Crippen LogP contribution >= 0.6 is 11.6 Å². The molecule has 4 nitrogen and oxygen atoms in total. The second-order valence-corrected chi connectivity index (χ2v) is 4.17. The van der Waals surface area contributed by atoms with Crippen molar-refractivity contribution >= 4 is 17.4 Å². The second kappa shape index (κ2) is 7.25. The predicted molar refractivity (Wildman–Crippen MR) is 70.5 cm³/mol. The summed E-state index contributed by atoms with van der Waals surface area (Å²) in [6, 6.07) is 1.71. The molecule has 1 N–H and O–H groups in total. The molecule has 0 bridgehead atoms. The summed E-state index contributed by atoms with van der Waals surface area (Å²) in [6.45, 7) is 9.57. The largest absolute Gasteiger partial charge is 0.375 e. The third-order valence-electron chi connectivity index (χ3n) is 1.96. The van der Waals surface area contributed by atoms with E-state index < -0.39 is 0 Å². The van der Waals surface area contributed by atoms with Crippen molar-refractivity contribution in [1.29, 1.82) is 0 Å². The van der Waals surface area contributed by atoms with E-state index in [0.29, 0.717) is 24.9 Å². The summed E-state index contributed by atoms with van der Waals surface area (Å²) < 4.78 is 5.37. The molecule has 1 rings (SSSR count). The van der Waals surface area contributed by atoms with Gasteiger partial charge in [0.1, 0.15) is 16.8 Å². The summed E-state index contributed by atoms with van der Waals surface area (Å²) in [7, 11) is 0. The first-order valence-electron chi connectivity index (χ1n) is 5.61. The third-order valence-corrected chi connectivity index (χ3v) is 2.15. The zero-order valence-corrected chi connectivity index (χ0v) is 11.0. The Kier molecular flexibility index (Phi) is 5.94. The van der Waals surface area contributed by atoms with Crippen LogP contribution in [0.15, 0.2) is 18.2 Å². The first-order valence-corrected chi connectivity index (χ1v) is 5.99. The fraction of sp³-hybridized carbons (Fsp3) is 0.500. The van der Waals surface area contributed by atoms with Crippen LogP contribution in [0.25, 0.3) is 0 Å². The van der Waals surface area contributed by atoms with E-state index in [0.717, 1.165) is 23.6 Å². The molecule has 0 aliphatic carbocycles. The molecule has 1 aromatic heterocycles. The van der Waals surface area contributed by atoms with Gasteiger partial charge in [-0.25, -0.2) is 9.97 Å². The van der Waals surface area contributed by atoms with Crippen molar-refractivity contribution < 1.29 is 4.74 Å². The maximum Gasteiger partial charge on any atom is 0.134 e. The Morgan fingerprint density at radius 2 is 2.29 bits per heavy atom. The predicted octanol–water partition coefficient (Wildman–Crippen LogP) is 2.70. The fourth-order valence-electron chi connectivity index (χ4n) is 1.21. The van der Waals surface area contributed by atoms with E-state index in [1.165, 1.54) is 0 Å². The van der Waals surface area contributed by atoms with E-state index in [-0.39, 0.29) is 0 Å². The Morgan fingerprint density at radius 3 is 2.94 bits per heavy atom. The maximum atomic E-state index is 5.88. The molecule has 0 unspecified atom stereocenters. The lowest BCUT2D eigenvalue weighted by Gasteiger charge is -2.07. The lowest BCUT2D eigenvalue weighted by atomic mass is 10.4. The van der Waals surface area contributed by atoms with Gasteiger partial charge in [0.15, 0.2) is 0 Å². The van der Waals surface area contributed by atoms with Crippen LogP contribution < -0.4 is 5.32 Å². The fourth-order valence-corrected chi connectivity index (χ4v) is 1.41. The Labute approximate surface area is 107 Å². The summed E-state index contributed by atoms with van der Waals surface area (Å²) in [5.74, 6) is 1.48.